The molecule has 6 nitrogen and oxygen atoms in total. The first-order valence-electron chi connectivity index (χ1n) is 32.0. The van der Waals surface area contributed by atoms with Gasteiger partial charge in [-0.15, -0.1) is 0 Å². The highest BCUT2D eigenvalue weighted by molar-refractivity contribution is 5.71. The molecule has 0 amide bonds. The SMILES string of the molecule is CCCCCCCCCCCCCCCCCCCCCCCCCCC(=O)OCC(COC(=O)CCCCCCC)OC(=O)CCCCCCCCCCCCCCCCCCCCCCCCC. The van der Waals surface area contributed by atoms with E-state index in [0.717, 1.165) is 64.2 Å². The van der Waals surface area contributed by atoms with Crippen molar-refractivity contribution in [2.24, 2.45) is 0 Å². The molecule has 0 radical (unpaired) electrons. The topological polar surface area (TPSA) is 78.9 Å². The molecule has 0 fully saturated rings. The van der Waals surface area contributed by atoms with E-state index in [2.05, 4.69) is 20.8 Å². The van der Waals surface area contributed by atoms with Gasteiger partial charge in [0.05, 0.1) is 0 Å². The lowest BCUT2D eigenvalue weighted by molar-refractivity contribution is -0.167. The van der Waals surface area contributed by atoms with Gasteiger partial charge in [0, 0.05) is 19.3 Å². The highest BCUT2D eigenvalue weighted by Gasteiger charge is 2.19. The summed E-state index contributed by atoms with van der Waals surface area (Å²) in [6, 6.07) is 0. The molecule has 0 heterocycles. The Labute approximate surface area is 438 Å². The van der Waals surface area contributed by atoms with Crippen LogP contribution >= 0.6 is 0 Å². The van der Waals surface area contributed by atoms with Crippen LogP contribution in [0.2, 0.25) is 0 Å². The van der Waals surface area contributed by atoms with E-state index in [1.807, 2.05) is 0 Å². The van der Waals surface area contributed by atoms with Crippen molar-refractivity contribution in [3.8, 4) is 0 Å². The zero-order valence-electron chi connectivity index (χ0n) is 47.8. The lowest BCUT2D eigenvalue weighted by atomic mass is 10.0. The lowest BCUT2D eigenvalue weighted by Crippen LogP contribution is -2.30. The third-order valence-corrected chi connectivity index (χ3v) is 14.9. The maximum Gasteiger partial charge on any atom is 0.306 e. The average Bonchev–Trinajstić information content (AvgIpc) is 3.36. The van der Waals surface area contributed by atoms with E-state index in [9.17, 15) is 14.4 Å². The van der Waals surface area contributed by atoms with Crippen molar-refractivity contribution in [3.63, 3.8) is 0 Å². The van der Waals surface area contributed by atoms with Gasteiger partial charge in [0.25, 0.3) is 0 Å². The number of carbonyl (C=O) groups excluding carboxylic acids is 3. The molecule has 0 aliphatic rings. The Morgan fingerprint density at radius 1 is 0.229 bits per heavy atom. The van der Waals surface area contributed by atoms with Crippen molar-refractivity contribution in [1.82, 2.24) is 0 Å². The molecular weight excluding hydrogens is 865 g/mol. The van der Waals surface area contributed by atoms with Gasteiger partial charge in [-0.05, 0) is 19.3 Å². The molecule has 0 N–H and O–H groups in total. The van der Waals surface area contributed by atoms with Crippen molar-refractivity contribution in [2.45, 2.75) is 380 Å². The molecule has 0 aliphatic heterocycles. The Hall–Kier alpha value is -1.59. The van der Waals surface area contributed by atoms with Gasteiger partial charge in [-0.2, -0.15) is 0 Å². The fourth-order valence-corrected chi connectivity index (χ4v) is 10.0. The number of hydrogen-bond donors (Lipinski definition) is 0. The Bertz CT molecular complexity index is 1040. The summed E-state index contributed by atoms with van der Waals surface area (Å²) in [6.07, 6.45) is 68.9. The lowest BCUT2D eigenvalue weighted by Gasteiger charge is -2.18. The van der Waals surface area contributed by atoms with Crippen molar-refractivity contribution in [1.29, 1.82) is 0 Å². The number of carbonyl (C=O) groups is 3. The minimum absolute atomic E-state index is 0.0623. The van der Waals surface area contributed by atoms with Gasteiger partial charge in [-0.3, -0.25) is 14.4 Å². The molecule has 416 valence electrons. The normalized spacial score (nSPS) is 11.9. The van der Waals surface area contributed by atoms with E-state index in [1.54, 1.807) is 0 Å². The minimum atomic E-state index is -0.760. The van der Waals surface area contributed by atoms with E-state index in [-0.39, 0.29) is 31.1 Å². The van der Waals surface area contributed by atoms with Crippen LogP contribution in [0.25, 0.3) is 0 Å². The van der Waals surface area contributed by atoms with Gasteiger partial charge >= 0.3 is 17.9 Å². The van der Waals surface area contributed by atoms with Crippen LogP contribution in [-0.4, -0.2) is 37.2 Å². The molecule has 0 aromatic carbocycles. The molecular formula is C64H124O6. The summed E-state index contributed by atoms with van der Waals surface area (Å²) < 4.78 is 16.8. The number of unbranched alkanes of at least 4 members (excludes halogenated alkanes) is 49. The Morgan fingerprint density at radius 2 is 0.386 bits per heavy atom. The van der Waals surface area contributed by atoms with Gasteiger partial charge in [-0.25, -0.2) is 0 Å². The molecule has 0 aliphatic carbocycles. The second kappa shape index (κ2) is 60.0. The Kier molecular flexibility index (Phi) is 58.6. The van der Waals surface area contributed by atoms with E-state index in [1.165, 1.54) is 270 Å². The van der Waals surface area contributed by atoms with Gasteiger partial charge in [0.1, 0.15) is 13.2 Å². The van der Waals surface area contributed by atoms with Crippen LogP contribution in [0.4, 0.5) is 0 Å². The summed E-state index contributed by atoms with van der Waals surface area (Å²) in [5, 5.41) is 0. The second-order valence-corrected chi connectivity index (χ2v) is 22.1. The summed E-state index contributed by atoms with van der Waals surface area (Å²) >= 11 is 0. The molecule has 0 aromatic rings. The largest absolute Gasteiger partial charge is 0.462 e. The first-order chi connectivity index (χ1) is 34.5. The van der Waals surface area contributed by atoms with E-state index < -0.39 is 6.10 Å². The van der Waals surface area contributed by atoms with Crippen LogP contribution in [0.5, 0.6) is 0 Å². The monoisotopic (exact) mass is 989 g/mol. The number of esters is 3. The van der Waals surface area contributed by atoms with Crippen LogP contribution < -0.4 is 0 Å². The second-order valence-electron chi connectivity index (χ2n) is 22.1. The Balaban J connectivity index is 3.96. The fourth-order valence-electron chi connectivity index (χ4n) is 10.0. The van der Waals surface area contributed by atoms with Crippen molar-refractivity contribution >= 4 is 17.9 Å². The zero-order chi connectivity index (χ0) is 50.7. The Morgan fingerprint density at radius 3 is 0.571 bits per heavy atom. The summed E-state index contributed by atoms with van der Waals surface area (Å²) in [5.41, 5.74) is 0. The smallest absolute Gasteiger partial charge is 0.306 e. The molecule has 0 bridgehead atoms. The van der Waals surface area contributed by atoms with Crippen LogP contribution in [-0.2, 0) is 28.6 Å². The average molecular weight is 990 g/mol. The third-order valence-electron chi connectivity index (χ3n) is 14.9. The van der Waals surface area contributed by atoms with E-state index >= 15 is 0 Å². The minimum Gasteiger partial charge on any atom is -0.462 e. The van der Waals surface area contributed by atoms with Crippen LogP contribution in [0.1, 0.15) is 374 Å². The number of rotatable bonds is 60. The molecule has 0 rings (SSSR count). The van der Waals surface area contributed by atoms with Gasteiger partial charge in [-0.1, -0.05) is 335 Å². The van der Waals surface area contributed by atoms with Crippen LogP contribution in [0, 0.1) is 0 Å². The number of hydrogen-bond acceptors (Lipinski definition) is 6. The molecule has 6 heteroatoms. The van der Waals surface area contributed by atoms with Crippen LogP contribution in [0.15, 0.2) is 0 Å². The van der Waals surface area contributed by atoms with Crippen molar-refractivity contribution in [2.75, 3.05) is 13.2 Å². The molecule has 1 atom stereocenters. The molecule has 70 heavy (non-hydrogen) atoms. The summed E-state index contributed by atoms with van der Waals surface area (Å²) in [4.78, 5) is 37.9. The van der Waals surface area contributed by atoms with Gasteiger partial charge in [0.15, 0.2) is 6.10 Å². The molecule has 0 saturated carbocycles. The van der Waals surface area contributed by atoms with Gasteiger partial charge in [0.2, 0.25) is 0 Å². The summed E-state index contributed by atoms with van der Waals surface area (Å²) in [5.74, 6) is -0.846. The highest BCUT2D eigenvalue weighted by atomic mass is 16.6. The standard InChI is InChI=1S/C64H124O6/c1-4-7-10-13-15-17-19-21-23-25-27-29-31-33-34-36-38-40-42-44-46-48-51-54-57-63(66)69-60-61(59-68-62(65)56-53-50-12-9-6-3)70-64(67)58-55-52-49-47-45-43-41-39-37-35-32-30-28-26-24-22-20-18-16-14-11-8-5-2/h61H,4-60H2,1-3H3. The van der Waals surface area contributed by atoms with Gasteiger partial charge < -0.3 is 14.2 Å². The highest BCUT2D eigenvalue weighted by Crippen LogP contribution is 2.19. The van der Waals surface area contributed by atoms with Crippen LogP contribution in [0.3, 0.4) is 0 Å². The first-order valence-corrected chi connectivity index (χ1v) is 32.0. The van der Waals surface area contributed by atoms with E-state index in [4.69, 9.17) is 14.2 Å². The molecule has 0 saturated heterocycles. The summed E-state index contributed by atoms with van der Waals surface area (Å²) in [6.45, 7) is 6.64. The third kappa shape index (κ3) is 57.3. The molecule has 0 spiro atoms. The quantitative estimate of drug-likeness (QED) is 0.0343. The summed E-state index contributed by atoms with van der Waals surface area (Å²) in [7, 11) is 0. The zero-order valence-corrected chi connectivity index (χ0v) is 47.8. The predicted molar refractivity (Wildman–Crippen MR) is 303 cm³/mol. The fraction of sp³-hybridized carbons (Fsp3) is 0.953. The maximum atomic E-state index is 12.8. The maximum absolute atomic E-state index is 12.8. The number of ether oxygens (including phenoxy) is 3. The first kappa shape index (κ1) is 68.4. The van der Waals surface area contributed by atoms with Crippen molar-refractivity contribution in [3.05, 3.63) is 0 Å². The predicted octanol–water partition coefficient (Wildman–Crippen LogP) is 21.5. The van der Waals surface area contributed by atoms with E-state index in [0.29, 0.717) is 19.3 Å². The molecule has 1 unspecified atom stereocenters. The van der Waals surface area contributed by atoms with Crippen molar-refractivity contribution < 1.29 is 28.6 Å². The molecule has 0 aromatic heterocycles.